The Morgan fingerprint density at radius 2 is 1.00 bits per heavy atom. The van der Waals surface area contributed by atoms with Gasteiger partial charge in [-0.1, -0.05) is 61.4 Å². The minimum absolute atomic E-state index is 0. The summed E-state index contributed by atoms with van der Waals surface area (Å²) in [4.78, 5) is 0. The molecule has 0 atom stereocenters. The first-order valence-electron chi connectivity index (χ1n) is 18.4. The van der Waals surface area contributed by atoms with Gasteiger partial charge in [0.15, 0.2) is 5.75 Å². The van der Waals surface area contributed by atoms with Crippen LogP contribution in [0.25, 0.3) is 33.4 Å². The minimum Gasteiger partial charge on any atom is -1.00 e. The van der Waals surface area contributed by atoms with Gasteiger partial charge in [0, 0.05) is 19.0 Å². The van der Waals surface area contributed by atoms with Gasteiger partial charge >= 0.3 is 20.4 Å². The standard InChI is InChI=1S/C42H51O4P.C3H5.ClH.Pd/c1-28-17-13-15-23-32(28)34-27-35(33-24-16-14-18-29(33)2)41(46-6)39(40(34)45-5)38-36(43-3)25-26-37(44-4)42(38)47(30-19-9-7-10-20-30)31-21-11-8-12-22-31;1-3-2;;/h13-18,23-27,30-31H,7-12,19-22H2,1-6H3;3H,1-2H2;1H;/q;-1;;+2. The molecule has 4 aromatic rings. The molecule has 0 unspecified atom stereocenters. The average Bonchev–Trinajstić information content (AvgIpc) is 3.15. The largest absolute Gasteiger partial charge is 2.00 e. The van der Waals surface area contributed by atoms with Crippen LogP contribution >= 0.6 is 7.92 Å². The van der Waals surface area contributed by atoms with Crippen LogP contribution in [0, 0.1) is 20.8 Å². The number of hydrogen-bond acceptors (Lipinski definition) is 4. The second-order valence-electron chi connectivity index (χ2n) is 13.7. The van der Waals surface area contributed by atoms with Crippen molar-refractivity contribution in [2.75, 3.05) is 28.4 Å². The van der Waals surface area contributed by atoms with Crippen LogP contribution in [0.15, 0.2) is 79.4 Å². The van der Waals surface area contributed by atoms with Crippen LogP contribution in [-0.2, 0) is 20.4 Å². The second-order valence-corrected chi connectivity index (χ2v) is 16.7. The van der Waals surface area contributed by atoms with Crippen LogP contribution < -0.4 is 36.7 Å². The first-order chi connectivity index (χ1) is 24.4. The Kier molecular flexibility index (Phi) is 17.6. The van der Waals surface area contributed by atoms with Gasteiger partial charge in [0.05, 0.1) is 50.9 Å². The summed E-state index contributed by atoms with van der Waals surface area (Å²) in [6.45, 7) is 10.9. The van der Waals surface area contributed by atoms with E-state index in [4.69, 9.17) is 18.9 Å². The minimum atomic E-state index is -1.11. The summed E-state index contributed by atoms with van der Waals surface area (Å²) in [5.41, 5.74) is 10.3. The van der Waals surface area contributed by atoms with Crippen LogP contribution in [0.5, 0.6) is 23.0 Å². The molecule has 2 saturated carbocycles. The van der Waals surface area contributed by atoms with Gasteiger partial charge < -0.3 is 31.4 Å². The molecule has 0 heterocycles. The number of methoxy groups -OCH3 is 4. The molecule has 0 aliphatic heterocycles. The number of aryl methyl sites for hydroxylation is 2. The molecule has 7 heteroatoms. The molecule has 2 fully saturated rings. The fourth-order valence-electron chi connectivity index (χ4n) is 8.46. The molecule has 0 N–H and O–H groups in total. The van der Waals surface area contributed by atoms with Crippen molar-refractivity contribution in [2.45, 2.75) is 89.4 Å². The molecule has 6 rings (SSSR count). The van der Waals surface area contributed by atoms with E-state index in [1.807, 2.05) is 7.11 Å². The van der Waals surface area contributed by atoms with Gasteiger partial charge in [-0.2, -0.15) is 0 Å². The molecule has 0 radical (unpaired) electrons. The van der Waals surface area contributed by atoms with Crippen molar-refractivity contribution in [1.29, 1.82) is 0 Å². The third-order valence-electron chi connectivity index (χ3n) is 10.7. The van der Waals surface area contributed by atoms with Crippen molar-refractivity contribution < 1.29 is 51.8 Å². The number of rotatable bonds is 10. The zero-order valence-electron chi connectivity index (χ0n) is 31.9. The number of ether oxygens (including phenoxy) is 4. The predicted octanol–water partition coefficient (Wildman–Crippen LogP) is 8.85. The normalized spacial score (nSPS) is 14.6. The first-order valence-corrected chi connectivity index (χ1v) is 20.0. The van der Waals surface area contributed by atoms with Crippen molar-refractivity contribution in [1.82, 2.24) is 0 Å². The molecule has 4 aromatic carbocycles. The summed E-state index contributed by atoms with van der Waals surface area (Å²) >= 11 is 0. The summed E-state index contributed by atoms with van der Waals surface area (Å²) in [5.74, 6) is 3.46. The van der Waals surface area contributed by atoms with Gasteiger partial charge in [0.1, 0.15) is 22.6 Å². The van der Waals surface area contributed by atoms with Gasteiger partial charge in [-0.15, -0.1) is 0 Å². The van der Waals surface area contributed by atoms with Crippen molar-refractivity contribution in [2.24, 2.45) is 0 Å². The van der Waals surface area contributed by atoms with Gasteiger partial charge in [-0.25, -0.2) is 19.6 Å². The Labute approximate surface area is 334 Å². The summed E-state index contributed by atoms with van der Waals surface area (Å²) < 4.78 is 25.8. The Hall–Kier alpha value is -2.93. The van der Waals surface area contributed by atoms with E-state index in [0.717, 1.165) is 56.4 Å². The Morgan fingerprint density at radius 1 is 0.596 bits per heavy atom. The predicted molar refractivity (Wildman–Crippen MR) is 216 cm³/mol. The molecule has 282 valence electrons. The van der Waals surface area contributed by atoms with Crippen molar-refractivity contribution in [3.8, 4) is 56.4 Å². The Balaban J connectivity index is 0.00000141. The second kappa shape index (κ2) is 21.1. The molecule has 0 spiro atoms. The smallest absolute Gasteiger partial charge is 1.00 e. The number of hydrogen-bond donors (Lipinski definition) is 0. The maximum atomic E-state index is 6.54. The van der Waals surface area contributed by atoms with Crippen molar-refractivity contribution in [3.05, 3.63) is 97.4 Å². The Morgan fingerprint density at radius 3 is 1.38 bits per heavy atom. The molecule has 0 amide bonds. The Bertz CT molecular complexity index is 1660. The van der Waals surface area contributed by atoms with E-state index in [2.05, 4.69) is 94.1 Å². The maximum Gasteiger partial charge on any atom is 2.00 e. The zero-order valence-corrected chi connectivity index (χ0v) is 35.2. The topological polar surface area (TPSA) is 36.9 Å². The van der Waals surface area contributed by atoms with Gasteiger partial charge in [-0.05, 0) is 106 Å². The summed E-state index contributed by atoms with van der Waals surface area (Å²) in [5, 5.41) is 1.37. The number of halogens is 1. The molecule has 0 aromatic heterocycles. The number of benzene rings is 4. The molecule has 4 nitrogen and oxygen atoms in total. The monoisotopic (exact) mass is 833 g/mol. The van der Waals surface area contributed by atoms with Crippen molar-refractivity contribution in [3.63, 3.8) is 0 Å². The van der Waals surface area contributed by atoms with Crippen LogP contribution in [0.3, 0.4) is 0 Å². The van der Waals surface area contributed by atoms with Crippen LogP contribution in [0.2, 0.25) is 0 Å². The summed E-state index contributed by atoms with van der Waals surface area (Å²) in [6.07, 6.45) is 14.7. The molecular formula is C45H57ClO4PPd+. The van der Waals surface area contributed by atoms with E-state index >= 15 is 0 Å². The van der Waals surface area contributed by atoms with E-state index in [9.17, 15) is 0 Å². The van der Waals surface area contributed by atoms with E-state index in [1.54, 1.807) is 21.3 Å². The van der Waals surface area contributed by atoms with E-state index in [1.165, 1.54) is 86.7 Å². The summed E-state index contributed by atoms with van der Waals surface area (Å²) in [6, 6.07) is 23.7. The SMILES string of the molecule is C=C[CH2-].COc1ccc(OC)c([PH+](C2CCCCC2)C2CCCCC2)c1-c1c(OC)c(-c2ccccc2C)cc(-c2ccccc2C)c1OC.[Cl-].[Pd+2]. The first kappa shape index (κ1) is 43.5. The van der Waals surface area contributed by atoms with Gasteiger partial charge in [0.25, 0.3) is 0 Å². The van der Waals surface area contributed by atoms with Crippen LogP contribution in [-0.4, -0.2) is 39.8 Å². The molecule has 2 aliphatic rings. The van der Waals surface area contributed by atoms with Crippen molar-refractivity contribution >= 4 is 13.2 Å². The van der Waals surface area contributed by atoms with Gasteiger partial charge in [-0.3, -0.25) is 0 Å². The van der Waals surface area contributed by atoms with Crippen LogP contribution in [0.4, 0.5) is 0 Å². The van der Waals surface area contributed by atoms with Crippen LogP contribution in [0.1, 0.15) is 75.3 Å². The average molecular weight is 835 g/mol. The molecule has 0 bridgehead atoms. The molecule has 2 aliphatic carbocycles. The van der Waals surface area contributed by atoms with E-state index in [0.29, 0.717) is 11.3 Å². The van der Waals surface area contributed by atoms with Gasteiger partial charge in [0.2, 0.25) is 0 Å². The fourth-order valence-corrected chi connectivity index (χ4v) is 13.0. The molecule has 0 saturated heterocycles. The molecular weight excluding hydrogens is 777 g/mol. The number of allylic oxidation sites excluding steroid dienone is 1. The quantitative estimate of drug-likeness (QED) is 0.0910. The third kappa shape index (κ3) is 9.23. The zero-order chi connectivity index (χ0) is 35.6. The maximum absolute atomic E-state index is 6.54. The fraction of sp³-hybridized carbons (Fsp3) is 0.400. The summed E-state index contributed by atoms with van der Waals surface area (Å²) in [7, 11) is 6.13. The molecule has 52 heavy (non-hydrogen) atoms. The third-order valence-corrected chi connectivity index (χ3v) is 14.7. The van der Waals surface area contributed by atoms with E-state index in [-0.39, 0.29) is 32.8 Å². The van der Waals surface area contributed by atoms with E-state index < -0.39 is 7.92 Å².